The van der Waals surface area contributed by atoms with E-state index < -0.39 is 27.0 Å². The van der Waals surface area contributed by atoms with Gasteiger partial charge >= 0.3 is 0 Å². The number of aromatic nitrogens is 4. The Morgan fingerprint density at radius 2 is 1.63 bits per heavy atom. The average molecular weight is 546 g/mol. The monoisotopic (exact) mass is 545 g/mol. The molecule has 3 aromatic heterocycles. The van der Waals surface area contributed by atoms with E-state index in [2.05, 4.69) is 10.1 Å². The lowest BCUT2D eigenvalue weighted by molar-refractivity contribution is 0.556. The maximum Gasteiger partial charge on any atom is 0.283 e. The largest absolute Gasteiger partial charge is 0.398 e. The molecule has 0 radical (unpaired) electrons. The van der Waals surface area contributed by atoms with E-state index in [0.29, 0.717) is 31.1 Å². The predicted octanol–water partition coefficient (Wildman–Crippen LogP) is 4.89. The Bertz CT molecular complexity index is 1990. The second-order valence-electron chi connectivity index (χ2n) is 8.65. The van der Waals surface area contributed by atoms with Gasteiger partial charge in [0, 0.05) is 23.0 Å². The number of aryl methyl sites for hydroxylation is 1. The summed E-state index contributed by atoms with van der Waals surface area (Å²) in [4.78, 5) is 5.08. The lowest BCUT2D eigenvalue weighted by atomic mass is 10.0. The van der Waals surface area contributed by atoms with Crippen LogP contribution in [0.2, 0.25) is 0 Å². The van der Waals surface area contributed by atoms with Crippen LogP contribution >= 0.6 is 0 Å². The molecular formula is C27H20FN5O3S2. The van der Waals surface area contributed by atoms with Gasteiger partial charge < -0.3 is 5.73 Å². The SMILES string of the molecule is Cc1cc2c(-c3cc(N)c4c(F)nn(S(=O)(=O)c5ccccc5)c4c3)ccnc2n1S(=O)c1ccccc1. The standard InChI is InChI=1S/C27H20FN5O3S2/c1-17-14-22-21(12-13-30-27(22)32(17)37(34)19-8-4-2-5-9-19)18-15-23(29)25-24(16-18)33(31-26(25)28)38(35,36)20-10-6-3-7-11-20/h2-16H,29H2,1H3. The Morgan fingerprint density at radius 1 is 0.947 bits per heavy atom. The Morgan fingerprint density at radius 3 is 2.34 bits per heavy atom. The maximum atomic E-state index is 14.9. The van der Waals surface area contributed by atoms with E-state index in [1.807, 2.05) is 31.2 Å². The number of halogens is 1. The van der Waals surface area contributed by atoms with Gasteiger partial charge in [-0.2, -0.15) is 16.9 Å². The van der Waals surface area contributed by atoms with Crippen molar-refractivity contribution in [2.45, 2.75) is 16.7 Å². The van der Waals surface area contributed by atoms with Crippen LogP contribution in [0, 0.1) is 12.9 Å². The Balaban J connectivity index is 1.57. The van der Waals surface area contributed by atoms with Crippen LogP contribution < -0.4 is 5.73 Å². The van der Waals surface area contributed by atoms with Crippen LogP contribution in [0.15, 0.2) is 101 Å². The van der Waals surface area contributed by atoms with Crippen molar-refractivity contribution in [1.82, 2.24) is 18.1 Å². The third-order valence-electron chi connectivity index (χ3n) is 6.26. The summed E-state index contributed by atoms with van der Waals surface area (Å²) in [7, 11) is -5.73. The fourth-order valence-corrected chi connectivity index (χ4v) is 7.04. The summed E-state index contributed by atoms with van der Waals surface area (Å²) in [5, 5.41) is 4.30. The van der Waals surface area contributed by atoms with Crippen molar-refractivity contribution in [3.05, 3.63) is 103 Å². The van der Waals surface area contributed by atoms with Crippen LogP contribution in [-0.2, 0) is 21.0 Å². The van der Waals surface area contributed by atoms with Gasteiger partial charge in [-0.3, -0.25) is 0 Å². The van der Waals surface area contributed by atoms with E-state index in [-0.39, 0.29) is 21.5 Å². The number of nitrogens with two attached hydrogens (primary N) is 1. The quantitative estimate of drug-likeness (QED) is 0.309. The molecule has 6 aromatic rings. The lowest BCUT2D eigenvalue weighted by Crippen LogP contribution is -2.14. The number of hydrogen-bond acceptors (Lipinski definition) is 6. The van der Waals surface area contributed by atoms with Gasteiger partial charge in [-0.15, -0.1) is 5.10 Å². The molecule has 0 aliphatic carbocycles. The predicted molar refractivity (Wildman–Crippen MR) is 145 cm³/mol. The first kappa shape index (κ1) is 24.0. The molecule has 0 amide bonds. The molecule has 6 rings (SSSR count). The molecule has 0 aliphatic heterocycles. The van der Waals surface area contributed by atoms with Crippen LogP contribution in [0.4, 0.5) is 10.1 Å². The molecule has 1 unspecified atom stereocenters. The number of benzene rings is 3. The molecule has 0 spiro atoms. The number of anilines is 1. The number of fused-ring (bicyclic) bond motifs is 2. The molecule has 0 saturated carbocycles. The number of nitrogen functional groups attached to an aromatic ring is 1. The molecule has 0 fully saturated rings. The summed E-state index contributed by atoms with van der Waals surface area (Å²) in [6.07, 6.45) is 1.58. The molecule has 11 heteroatoms. The van der Waals surface area contributed by atoms with Gasteiger partial charge in [0.15, 0.2) is 16.6 Å². The van der Waals surface area contributed by atoms with Crippen molar-refractivity contribution in [3.8, 4) is 11.1 Å². The first-order valence-corrected chi connectivity index (χ1v) is 14.0. The van der Waals surface area contributed by atoms with Gasteiger partial charge in [-0.1, -0.05) is 36.4 Å². The third kappa shape index (κ3) is 3.70. The smallest absolute Gasteiger partial charge is 0.283 e. The summed E-state index contributed by atoms with van der Waals surface area (Å²) in [5.41, 5.74) is 8.70. The van der Waals surface area contributed by atoms with Gasteiger partial charge in [-0.05, 0) is 66.6 Å². The second kappa shape index (κ2) is 8.89. The highest BCUT2D eigenvalue weighted by molar-refractivity contribution is 7.90. The maximum absolute atomic E-state index is 14.9. The van der Waals surface area contributed by atoms with E-state index >= 15 is 0 Å². The van der Waals surface area contributed by atoms with Crippen molar-refractivity contribution in [1.29, 1.82) is 0 Å². The molecule has 8 nitrogen and oxygen atoms in total. The molecular weight excluding hydrogens is 525 g/mol. The summed E-state index contributed by atoms with van der Waals surface area (Å²) in [6, 6.07) is 23.4. The zero-order valence-electron chi connectivity index (χ0n) is 19.9. The van der Waals surface area contributed by atoms with Crippen molar-refractivity contribution < 1.29 is 17.0 Å². The first-order chi connectivity index (χ1) is 18.3. The third-order valence-corrected chi connectivity index (χ3v) is 9.33. The van der Waals surface area contributed by atoms with E-state index in [4.69, 9.17) is 5.73 Å². The minimum atomic E-state index is -4.19. The number of nitrogens with zero attached hydrogens (tertiary/aromatic N) is 4. The van der Waals surface area contributed by atoms with Crippen LogP contribution in [0.5, 0.6) is 0 Å². The normalized spacial score (nSPS) is 12.8. The van der Waals surface area contributed by atoms with Crippen LogP contribution in [0.3, 0.4) is 0 Å². The van der Waals surface area contributed by atoms with Crippen molar-refractivity contribution in [2.75, 3.05) is 5.73 Å². The summed E-state index contributed by atoms with van der Waals surface area (Å²) in [6.45, 7) is 1.83. The van der Waals surface area contributed by atoms with Crippen LogP contribution in [-0.4, -0.2) is 30.8 Å². The van der Waals surface area contributed by atoms with E-state index in [9.17, 15) is 17.0 Å². The molecule has 38 heavy (non-hydrogen) atoms. The van der Waals surface area contributed by atoms with Crippen LogP contribution in [0.1, 0.15) is 5.69 Å². The van der Waals surface area contributed by atoms with Crippen molar-refractivity contribution >= 4 is 48.6 Å². The van der Waals surface area contributed by atoms with Crippen molar-refractivity contribution in [2.24, 2.45) is 0 Å². The highest BCUT2D eigenvalue weighted by Crippen LogP contribution is 2.36. The minimum Gasteiger partial charge on any atom is -0.398 e. The van der Waals surface area contributed by atoms with Gasteiger partial charge in [0.25, 0.3) is 10.0 Å². The summed E-state index contributed by atoms with van der Waals surface area (Å²) >= 11 is 0. The van der Waals surface area contributed by atoms with E-state index in [1.165, 1.54) is 18.2 Å². The average Bonchev–Trinajstić information content (AvgIpc) is 3.45. The number of rotatable bonds is 5. The Labute approximate surface area is 219 Å². The Hall–Kier alpha value is -4.35. The fraction of sp³-hybridized carbons (Fsp3) is 0.0370. The number of hydrogen-bond donors (Lipinski definition) is 1. The fourth-order valence-electron chi connectivity index (χ4n) is 4.54. The molecule has 1 atom stereocenters. The highest BCUT2D eigenvalue weighted by Gasteiger charge is 2.25. The van der Waals surface area contributed by atoms with Gasteiger partial charge in [-0.25, -0.2) is 13.2 Å². The lowest BCUT2D eigenvalue weighted by Gasteiger charge is -2.10. The molecule has 3 aromatic carbocycles. The summed E-state index contributed by atoms with van der Waals surface area (Å²) in [5.74, 6) is -0.983. The van der Waals surface area contributed by atoms with E-state index in [0.717, 1.165) is 5.69 Å². The van der Waals surface area contributed by atoms with Gasteiger partial charge in [0.05, 0.1) is 20.7 Å². The minimum absolute atomic E-state index is 0.00957. The topological polar surface area (TPSA) is 113 Å². The zero-order chi connectivity index (χ0) is 26.6. The molecule has 0 saturated heterocycles. The van der Waals surface area contributed by atoms with Gasteiger partial charge in [0.1, 0.15) is 0 Å². The molecule has 2 N–H and O–H groups in total. The summed E-state index contributed by atoms with van der Waals surface area (Å²) < 4.78 is 57.3. The van der Waals surface area contributed by atoms with Gasteiger partial charge in [0.2, 0.25) is 5.95 Å². The molecule has 0 aliphatic rings. The highest BCUT2D eigenvalue weighted by atomic mass is 32.2. The van der Waals surface area contributed by atoms with Crippen LogP contribution in [0.25, 0.3) is 33.1 Å². The van der Waals surface area contributed by atoms with Crippen molar-refractivity contribution in [3.63, 3.8) is 0 Å². The molecule has 0 bridgehead atoms. The molecule has 190 valence electrons. The number of pyridine rings is 1. The zero-order valence-corrected chi connectivity index (χ0v) is 21.6. The van der Waals surface area contributed by atoms with E-state index in [1.54, 1.807) is 52.6 Å². The Kier molecular flexibility index (Phi) is 5.62. The first-order valence-electron chi connectivity index (χ1n) is 11.5. The molecule has 3 heterocycles. The second-order valence-corrected chi connectivity index (χ2v) is 11.8.